The number of hydrogen-bond donors (Lipinski definition) is 0. The van der Waals surface area contributed by atoms with Crippen LogP contribution in [0.5, 0.6) is 5.75 Å². The van der Waals surface area contributed by atoms with Crippen LogP contribution in [0, 0.1) is 11.6 Å². The van der Waals surface area contributed by atoms with Crippen LogP contribution >= 0.6 is 11.3 Å². The average molecular weight is 618 g/mol. The molecule has 0 aliphatic carbocycles. The number of carbonyl (C=O) groups excluding carboxylic acids is 1. The number of aryl methyl sites for hydroxylation is 1. The highest BCUT2D eigenvalue weighted by molar-refractivity contribution is 7.18. The summed E-state index contributed by atoms with van der Waals surface area (Å²) in [5, 5.41) is 7.46. The number of methoxy groups -OCH3 is 1. The molecule has 4 aromatic heterocycles. The summed E-state index contributed by atoms with van der Waals surface area (Å²) >= 11 is 1.38. The first-order chi connectivity index (χ1) is 21.2. The molecule has 1 amide bonds. The fraction of sp³-hybridized carbons (Fsp3) is 0.250. The number of rotatable bonds is 8. The van der Waals surface area contributed by atoms with Crippen LogP contribution in [0.1, 0.15) is 18.7 Å². The number of aromatic nitrogens is 4. The lowest BCUT2D eigenvalue weighted by molar-refractivity contribution is -0.129. The number of amides is 1. The summed E-state index contributed by atoms with van der Waals surface area (Å²) < 4.78 is 45.4. The summed E-state index contributed by atoms with van der Waals surface area (Å²) in [5.41, 5.74) is 3.10. The van der Waals surface area contributed by atoms with E-state index in [9.17, 15) is 14.0 Å². The summed E-state index contributed by atoms with van der Waals surface area (Å²) in [6.07, 6.45) is 2.98. The Labute approximate surface area is 255 Å². The monoisotopic (exact) mass is 617 g/mol. The SMILES string of the molecule is C=CC(=O)N1CCn2nc(-c3nc(-c4ccc(=O)n(C)c4)c4ccsc4c3-c3c(F)cc(F)cc3OCCOC)cc2C1C. The lowest BCUT2D eigenvalue weighted by Gasteiger charge is -2.33. The molecule has 1 atom stereocenters. The molecule has 12 heteroatoms. The maximum absolute atomic E-state index is 15.9. The molecule has 1 aliphatic heterocycles. The minimum atomic E-state index is -0.815. The van der Waals surface area contributed by atoms with Crippen molar-refractivity contribution in [2.24, 2.45) is 7.05 Å². The fourth-order valence-electron chi connectivity index (χ4n) is 5.57. The molecule has 6 rings (SSSR count). The van der Waals surface area contributed by atoms with Gasteiger partial charge in [0.15, 0.2) is 0 Å². The van der Waals surface area contributed by atoms with Crippen LogP contribution in [-0.4, -0.2) is 57.0 Å². The molecular formula is C32H29F2N5O4S. The third-order valence-corrected chi connectivity index (χ3v) is 8.67. The van der Waals surface area contributed by atoms with Crippen molar-refractivity contribution in [3.8, 4) is 39.5 Å². The molecule has 44 heavy (non-hydrogen) atoms. The molecule has 1 unspecified atom stereocenters. The van der Waals surface area contributed by atoms with Gasteiger partial charge < -0.3 is 18.9 Å². The first-order valence-electron chi connectivity index (χ1n) is 13.9. The number of pyridine rings is 2. The molecule has 0 spiro atoms. The third-order valence-electron chi connectivity index (χ3n) is 7.74. The van der Waals surface area contributed by atoms with Gasteiger partial charge in [0, 0.05) is 66.3 Å². The van der Waals surface area contributed by atoms with Crippen LogP contribution in [-0.2, 0) is 23.1 Å². The van der Waals surface area contributed by atoms with E-state index < -0.39 is 11.6 Å². The molecule has 0 saturated heterocycles. The highest BCUT2D eigenvalue weighted by Crippen LogP contribution is 2.47. The first kappa shape index (κ1) is 29.4. The third kappa shape index (κ3) is 5.09. The zero-order chi connectivity index (χ0) is 31.1. The molecule has 9 nitrogen and oxygen atoms in total. The van der Waals surface area contributed by atoms with Gasteiger partial charge in [-0.1, -0.05) is 6.58 Å². The van der Waals surface area contributed by atoms with Gasteiger partial charge in [0.2, 0.25) is 11.5 Å². The van der Waals surface area contributed by atoms with Crippen LogP contribution in [0.2, 0.25) is 0 Å². The predicted molar refractivity (Wildman–Crippen MR) is 165 cm³/mol. The zero-order valence-electron chi connectivity index (χ0n) is 24.3. The predicted octanol–water partition coefficient (Wildman–Crippen LogP) is 5.59. The second kappa shape index (κ2) is 11.8. The van der Waals surface area contributed by atoms with E-state index in [1.165, 1.54) is 35.2 Å². The van der Waals surface area contributed by atoms with E-state index in [4.69, 9.17) is 19.6 Å². The second-order valence-corrected chi connectivity index (χ2v) is 11.3. The van der Waals surface area contributed by atoms with Crippen molar-refractivity contribution in [1.82, 2.24) is 24.2 Å². The van der Waals surface area contributed by atoms with Gasteiger partial charge >= 0.3 is 0 Å². The van der Waals surface area contributed by atoms with Crippen molar-refractivity contribution in [3.63, 3.8) is 0 Å². The Bertz CT molecular complexity index is 1980. The van der Waals surface area contributed by atoms with E-state index >= 15 is 4.39 Å². The molecule has 0 radical (unpaired) electrons. The van der Waals surface area contributed by atoms with Crippen LogP contribution in [0.3, 0.4) is 0 Å². The summed E-state index contributed by atoms with van der Waals surface area (Å²) in [6.45, 7) is 6.71. The molecular weight excluding hydrogens is 588 g/mol. The van der Waals surface area contributed by atoms with Crippen molar-refractivity contribution >= 4 is 27.3 Å². The molecule has 0 N–H and O–H groups in total. The maximum atomic E-state index is 15.9. The lowest BCUT2D eigenvalue weighted by Crippen LogP contribution is -2.40. The number of carbonyl (C=O) groups is 1. The molecule has 1 aliphatic rings. The Morgan fingerprint density at radius 2 is 1.95 bits per heavy atom. The zero-order valence-corrected chi connectivity index (χ0v) is 25.2. The van der Waals surface area contributed by atoms with Crippen molar-refractivity contribution in [3.05, 3.63) is 88.3 Å². The van der Waals surface area contributed by atoms with Crippen LogP contribution in [0.25, 0.3) is 43.9 Å². The largest absolute Gasteiger partial charge is 0.490 e. The summed E-state index contributed by atoms with van der Waals surface area (Å²) in [5.74, 6) is -1.78. The fourth-order valence-corrected chi connectivity index (χ4v) is 6.52. The normalized spacial score (nSPS) is 14.6. The second-order valence-electron chi connectivity index (χ2n) is 10.4. The summed E-state index contributed by atoms with van der Waals surface area (Å²) in [6, 6.07) is 8.55. The number of benzene rings is 1. The smallest absolute Gasteiger partial charge is 0.250 e. The van der Waals surface area contributed by atoms with Crippen molar-refractivity contribution in [1.29, 1.82) is 0 Å². The molecule has 0 bridgehead atoms. The molecule has 5 aromatic rings. The quantitative estimate of drug-likeness (QED) is 0.167. The van der Waals surface area contributed by atoms with Gasteiger partial charge in [-0.3, -0.25) is 14.3 Å². The van der Waals surface area contributed by atoms with Crippen molar-refractivity contribution < 1.29 is 23.0 Å². The van der Waals surface area contributed by atoms with Gasteiger partial charge in [-0.05, 0) is 36.6 Å². The van der Waals surface area contributed by atoms with E-state index in [2.05, 4.69) is 6.58 Å². The van der Waals surface area contributed by atoms with Gasteiger partial charge in [0.05, 0.1) is 36.1 Å². The standard InChI is InChI=1S/C32H29F2N5O4S/c1-5-26(40)38-9-10-39-24(18(38)2)16-23(36-39)31-29(28-22(34)14-20(33)15-25(28)43-12-11-42-4)32-21(8-13-44-32)30(35-31)19-6-7-27(41)37(3)17-19/h5-8,13-18H,1,9-12H2,2-4H3. The van der Waals surface area contributed by atoms with Crippen LogP contribution in [0.15, 0.2) is 65.4 Å². The van der Waals surface area contributed by atoms with Gasteiger partial charge in [-0.15, -0.1) is 11.3 Å². The molecule has 5 heterocycles. The number of thiophene rings is 1. The molecule has 226 valence electrons. The van der Waals surface area contributed by atoms with Gasteiger partial charge in [-0.2, -0.15) is 5.10 Å². The average Bonchev–Trinajstić information content (AvgIpc) is 3.66. The maximum Gasteiger partial charge on any atom is 0.250 e. The number of ether oxygens (including phenoxy) is 2. The first-order valence-corrected chi connectivity index (χ1v) is 14.8. The van der Waals surface area contributed by atoms with Crippen LogP contribution < -0.4 is 10.3 Å². The Balaban J connectivity index is 1.65. The summed E-state index contributed by atoms with van der Waals surface area (Å²) in [4.78, 5) is 31.5. The number of halogens is 2. The Kier molecular flexibility index (Phi) is 7.87. The van der Waals surface area contributed by atoms with E-state index in [-0.39, 0.29) is 42.0 Å². The number of fused-ring (bicyclic) bond motifs is 2. The minimum Gasteiger partial charge on any atom is -0.490 e. The number of nitrogens with zero attached hydrogens (tertiary/aromatic N) is 5. The number of hydrogen-bond acceptors (Lipinski definition) is 7. The van der Waals surface area contributed by atoms with E-state index in [0.717, 1.165) is 23.2 Å². The molecule has 0 saturated carbocycles. The van der Waals surface area contributed by atoms with Gasteiger partial charge in [0.1, 0.15) is 35.4 Å². The Morgan fingerprint density at radius 3 is 2.70 bits per heavy atom. The van der Waals surface area contributed by atoms with Gasteiger partial charge in [0.25, 0.3) is 0 Å². The minimum absolute atomic E-state index is 0.00672. The Hall–Kier alpha value is -4.68. The topological polar surface area (TPSA) is 91.5 Å². The van der Waals surface area contributed by atoms with E-state index in [0.29, 0.717) is 46.0 Å². The molecule has 0 fully saturated rings. The summed E-state index contributed by atoms with van der Waals surface area (Å²) in [7, 11) is 3.17. The van der Waals surface area contributed by atoms with Gasteiger partial charge in [-0.25, -0.2) is 13.8 Å². The van der Waals surface area contributed by atoms with Crippen molar-refractivity contribution in [2.45, 2.75) is 19.5 Å². The van der Waals surface area contributed by atoms with E-state index in [1.807, 2.05) is 29.1 Å². The van der Waals surface area contributed by atoms with E-state index in [1.54, 1.807) is 24.2 Å². The highest BCUT2D eigenvalue weighted by Gasteiger charge is 2.31. The molecule has 1 aromatic carbocycles. The Morgan fingerprint density at radius 1 is 1.14 bits per heavy atom. The highest BCUT2D eigenvalue weighted by atomic mass is 32.1. The van der Waals surface area contributed by atoms with Crippen LogP contribution in [0.4, 0.5) is 8.78 Å². The lowest BCUT2D eigenvalue weighted by atomic mass is 9.96. The van der Waals surface area contributed by atoms with Crippen molar-refractivity contribution in [2.75, 3.05) is 26.9 Å².